The van der Waals surface area contributed by atoms with Gasteiger partial charge in [0.2, 0.25) is 10.0 Å². The van der Waals surface area contributed by atoms with Crippen LogP contribution in [-0.2, 0) is 14.8 Å². The molecule has 0 fully saturated rings. The van der Waals surface area contributed by atoms with E-state index in [9.17, 15) is 22.8 Å². The molecule has 0 radical (unpaired) electrons. The number of sulfonamides is 1. The molecule has 0 saturated heterocycles. The van der Waals surface area contributed by atoms with Crippen LogP contribution in [0.4, 0.5) is 0 Å². The fourth-order valence-electron chi connectivity index (χ4n) is 2.85. The number of carbonyl (C=O) groups excluding carboxylic acids is 2. The van der Waals surface area contributed by atoms with Crippen LogP contribution in [0.3, 0.4) is 0 Å². The van der Waals surface area contributed by atoms with Crippen LogP contribution in [0.15, 0.2) is 24.3 Å². The number of amides is 2. The number of benzene rings is 1. The van der Waals surface area contributed by atoms with Gasteiger partial charge in [0.15, 0.2) is 0 Å². The summed E-state index contributed by atoms with van der Waals surface area (Å²) in [5, 5.41) is 8.87. The summed E-state index contributed by atoms with van der Waals surface area (Å²) in [6.45, 7) is 2.76. The van der Waals surface area contributed by atoms with Crippen molar-refractivity contribution in [2.24, 2.45) is 0 Å². The Kier molecular flexibility index (Phi) is 6.14. The Balaban J connectivity index is 1.92. The van der Waals surface area contributed by atoms with Crippen LogP contribution in [0.1, 0.15) is 47.4 Å². The maximum atomic E-state index is 12.3. The van der Waals surface area contributed by atoms with Crippen molar-refractivity contribution in [2.45, 2.75) is 32.7 Å². The normalized spacial score (nSPS) is 14.4. The summed E-state index contributed by atoms with van der Waals surface area (Å²) in [6, 6.07) is 6.08. The van der Waals surface area contributed by atoms with Crippen LogP contribution in [-0.4, -0.2) is 65.4 Å². The minimum absolute atomic E-state index is 0.127. The highest BCUT2D eigenvalue weighted by Gasteiger charge is 2.34. The molecule has 0 aromatic heterocycles. The van der Waals surface area contributed by atoms with E-state index in [-0.39, 0.29) is 30.5 Å². The van der Waals surface area contributed by atoms with Crippen molar-refractivity contribution < 1.29 is 27.9 Å². The number of aliphatic carboxylic acids is 1. The summed E-state index contributed by atoms with van der Waals surface area (Å²) < 4.78 is 25.6. The van der Waals surface area contributed by atoms with E-state index in [2.05, 4.69) is 0 Å². The van der Waals surface area contributed by atoms with Gasteiger partial charge >= 0.3 is 5.97 Å². The fraction of sp³-hybridized carbons (Fsp3) is 0.471. The molecule has 0 aliphatic carbocycles. The summed E-state index contributed by atoms with van der Waals surface area (Å²) in [7, 11) is -3.73. The summed E-state index contributed by atoms with van der Waals surface area (Å²) in [5.41, 5.74) is 0.718. The third kappa shape index (κ3) is 4.28. The Hall–Kier alpha value is -2.26. The average molecular weight is 382 g/mol. The third-order valence-corrected chi connectivity index (χ3v) is 6.21. The zero-order valence-electron chi connectivity index (χ0n) is 14.7. The molecule has 1 aliphatic heterocycles. The number of unbranched alkanes of at least 4 members (excludes halogenated alkanes) is 1. The predicted molar refractivity (Wildman–Crippen MR) is 94.3 cm³/mol. The fourth-order valence-corrected chi connectivity index (χ4v) is 4.60. The number of hydrogen-bond acceptors (Lipinski definition) is 5. The first-order valence-corrected chi connectivity index (χ1v) is 9.92. The Morgan fingerprint density at radius 3 is 2.12 bits per heavy atom. The molecule has 0 saturated carbocycles. The van der Waals surface area contributed by atoms with E-state index in [0.29, 0.717) is 17.5 Å². The molecule has 26 heavy (non-hydrogen) atoms. The van der Waals surface area contributed by atoms with Crippen molar-refractivity contribution in [1.29, 1.82) is 0 Å². The second-order valence-electron chi connectivity index (χ2n) is 6.36. The van der Waals surface area contributed by atoms with Gasteiger partial charge in [0, 0.05) is 12.6 Å². The second-order valence-corrected chi connectivity index (χ2v) is 8.40. The number of hydrogen-bond donors (Lipinski definition) is 1. The molecule has 0 unspecified atom stereocenters. The Labute approximate surface area is 152 Å². The number of carboxylic acids is 1. The molecule has 0 bridgehead atoms. The number of carbonyl (C=O) groups is 3. The molecular formula is C17H22N2O6S. The van der Waals surface area contributed by atoms with Gasteiger partial charge in [-0.25, -0.2) is 8.42 Å². The molecule has 2 rings (SSSR count). The van der Waals surface area contributed by atoms with Gasteiger partial charge in [-0.2, -0.15) is 4.31 Å². The number of nitrogens with zero attached hydrogens (tertiary/aromatic N) is 2. The predicted octanol–water partition coefficient (Wildman–Crippen LogP) is 1.19. The molecule has 9 heteroatoms. The summed E-state index contributed by atoms with van der Waals surface area (Å²) in [4.78, 5) is 36.4. The van der Waals surface area contributed by atoms with Crippen LogP contribution in [0.25, 0.3) is 0 Å². The first-order chi connectivity index (χ1) is 12.1. The number of fused-ring (bicyclic) bond motifs is 1. The highest BCUT2D eigenvalue weighted by Crippen LogP contribution is 2.22. The van der Waals surface area contributed by atoms with Crippen LogP contribution < -0.4 is 0 Å². The van der Waals surface area contributed by atoms with E-state index in [4.69, 9.17) is 5.11 Å². The van der Waals surface area contributed by atoms with Gasteiger partial charge in [0.1, 0.15) is 6.54 Å². The smallest absolute Gasteiger partial charge is 0.318 e. The zero-order chi connectivity index (χ0) is 19.5. The number of rotatable bonds is 9. The summed E-state index contributed by atoms with van der Waals surface area (Å²) >= 11 is 0. The molecular weight excluding hydrogens is 360 g/mol. The maximum Gasteiger partial charge on any atom is 0.318 e. The van der Waals surface area contributed by atoms with Gasteiger partial charge in [-0.05, 0) is 38.8 Å². The lowest BCUT2D eigenvalue weighted by Crippen LogP contribution is -2.42. The second kappa shape index (κ2) is 7.96. The molecule has 2 amide bonds. The van der Waals surface area contributed by atoms with Crippen molar-refractivity contribution in [1.82, 2.24) is 9.21 Å². The van der Waals surface area contributed by atoms with E-state index in [0.717, 1.165) is 9.21 Å². The average Bonchev–Trinajstić information content (AvgIpc) is 2.81. The van der Waals surface area contributed by atoms with Crippen LogP contribution in [0.5, 0.6) is 0 Å². The molecule has 1 heterocycles. The summed E-state index contributed by atoms with van der Waals surface area (Å²) in [5.74, 6) is -2.19. The quantitative estimate of drug-likeness (QED) is 0.507. The van der Waals surface area contributed by atoms with Gasteiger partial charge in [-0.15, -0.1) is 0 Å². The van der Waals surface area contributed by atoms with Crippen LogP contribution in [0.2, 0.25) is 0 Å². The van der Waals surface area contributed by atoms with E-state index in [1.165, 1.54) is 0 Å². The lowest BCUT2D eigenvalue weighted by molar-refractivity contribution is -0.137. The van der Waals surface area contributed by atoms with Gasteiger partial charge in [-0.1, -0.05) is 12.1 Å². The van der Waals surface area contributed by atoms with E-state index >= 15 is 0 Å². The Bertz CT molecular complexity index is 783. The lowest BCUT2D eigenvalue weighted by Gasteiger charge is -2.24. The van der Waals surface area contributed by atoms with Crippen molar-refractivity contribution in [3.63, 3.8) is 0 Å². The minimum Gasteiger partial charge on any atom is -0.480 e. The standard InChI is InChI=1S/C17H22N2O6S/c1-12(2)19(11-15(20)21)26(24,25)10-6-5-9-18-16(22)13-7-3-4-8-14(13)17(18)23/h3-4,7-8,12H,5-6,9-11H2,1-2H3,(H,20,21). The SMILES string of the molecule is CC(C)N(CC(=O)O)S(=O)(=O)CCCCN1C(=O)c2ccccc2C1=O. The molecule has 142 valence electrons. The van der Waals surface area contributed by atoms with Crippen molar-refractivity contribution in [3.05, 3.63) is 35.4 Å². The highest BCUT2D eigenvalue weighted by atomic mass is 32.2. The molecule has 1 aromatic carbocycles. The van der Waals surface area contributed by atoms with Crippen molar-refractivity contribution >= 4 is 27.8 Å². The first kappa shape index (κ1) is 20.1. The topological polar surface area (TPSA) is 112 Å². The summed E-state index contributed by atoms with van der Waals surface area (Å²) in [6.07, 6.45) is 0.544. The van der Waals surface area contributed by atoms with Crippen LogP contribution >= 0.6 is 0 Å². The molecule has 1 aliphatic rings. The van der Waals surface area contributed by atoms with E-state index in [1.807, 2.05) is 0 Å². The Morgan fingerprint density at radius 2 is 1.65 bits per heavy atom. The largest absolute Gasteiger partial charge is 0.480 e. The van der Waals surface area contributed by atoms with E-state index in [1.54, 1.807) is 38.1 Å². The van der Waals surface area contributed by atoms with Crippen molar-refractivity contribution in [3.8, 4) is 0 Å². The van der Waals surface area contributed by atoms with Gasteiger partial charge in [-0.3, -0.25) is 19.3 Å². The molecule has 0 atom stereocenters. The van der Waals surface area contributed by atoms with Crippen LogP contribution in [0, 0.1) is 0 Å². The number of carboxylic acid groups (broad SMARTS) is 1. The highest BCUT2D eigenvalue weighted by molar-refractivity contribution is 7.89. The zero-order valence-corrected chi connectivity index (χ0v) is 15.5. The van der Waals surface area contributed by atoms with Gasteiger partial charge < -0.3 is 5.11 Å². The first-order valence-electron chi connectivity index (χ1n) is 8.31. The monoisotopic (exact) mass is 382 g/mol. The molecule has 8 nitrogen and oxygen atoms in total. The van der Waals surface area contributed by atoms with Gasteiger partial charge in [0.05, 0.1) is 16.9 Å². The molecule has 1 N–H and O–H groups in total. The van der Waals surface area contributed by atoms with E-state index < -0.39 is 28.6 Å². The van der Waals surface area contributed by atoms with Gasteiger partial charge in [0.25, 0.3) is 11.8 Å². The number of imide groups is 1. The molecule has 0 spiro atoms. The minimum atomic E-state index is -3.73. The lowest BCUT2D eigenvalue weighted by atomic mass is 10.1. The third-order valence-electron chi connectivity index (χ3n) is 4.14. The van der Waals surface area contributed by atoms with Crippen molar-refractivity contribution in [2.75, 3.05) is 18.8 Å². The Morgan fingerprint density at radius 1 is 1.12 bits per heavy atom. The molecule has 1 aromatic rings. The maximum absolute atomic E-state index is 12.3.